The van der Waals surface area contributed by atoms with Gasteiger partial charge in [-0.05, 0) is 75.5 Å². The number of halogens is 3. The Kier molecular flexibility index (Phi) is 10.5. The molecule has 1 aliphatic heterocycles. The lowest BCUT2D eigenvalue weighted by Crippen LogP contribution is -2.54. The maximum absolute atomic E-state index is 14.0. The van der Waals surface area contributed by atoms with E-state index >= 15 is 0 Å². The predicted molar refractivity (Wildman–Crippen MR) is 186 cm³/mol. The van der Waals surface area contributed by atoms with Crippen molar-refractivity contribution in [2.75, 3.05) is 18.9 Å². The van der Waals surface area contributed by atoms with Gasteiger partial charge in [-0.1, -0.05) is 26.0 Å². The Hall–Kier alpha value is -3.99. The molecular weight excluding hydrogens is 724 g/mol. The highest BCUT2D eigenvalue weighted by atomic mass is 32.2. The molecule has 2 heterocycles. The molecule has 3 saturated carbocycles. The highest BCUT2D eigenvalue weighted by Crippen LogP contribution is 2.47. The molecule has 52 heavy (non-hydrogen) atoms. The van der Waals surface area contributed by atoms with Crippen LogP contribution in [0.4, 0.5) is 23.7 Å². The van der Waals surface area contributed by atoms with Crippen molar-refractivity contribution < 1.29 is 45.5 Å². The molecule has 0 radical (unpaired) electrons. The minimum Gasteiger partial charge on any atom is -0.446 e. The number of ether oxygens (including phenoxy) is 1. The Labute approximate surface area is 304 Å². The number of nitrogens with one attached hydrogen (secondary N) is 3. The number of hydrogen-bond donors (Lipinski definition) is 3. The van der Waals surface area contributed by atoms with Gasteiger partial charge in [-0.2, -0.15) is 13.2 Å². The number of thiazole rings is 1. The molecule has 17 heteroatoms. The van der Waals surface area contributed by atoms with Crippen molar-refractivity contribution >= 4 is 50.9 Å². The van der Waals surface area contributed by atoms with Crippen LogP contribution in [0.2, 0.25) is 0 Å². The third-order valence-electron chi connectivity index (χ3n) is 10.2. The smallest absolute Gasteiger partial charge is 0.416 e. The Morgan fingerprint density at radius 1 is 1.13 bits per heavy atom. The molecule has 6 rings (SSSR count). The van der Waals surface area contributed by atoms with Gasteiger partial charge < -0.3 is 15.0 Å². The van der Waals surface area contributed by atoms with E-state index in [1.54, 1.807) is 13.2 Å². The van der Waals surface area contributed by atoms with E-state index in [2.05, 4.69) is 20.3 Å². The van der Waals surface area contributed by atoms with Crippen LogP contribution in [-0.2, 0) is 35.3 Å². The largest absolute Gasteiger partial charge is 0.446 e. The first-order chi connectivity index (χ1) is 24.5. The number of anilines is 1. The van der Waals surface area contributed by atoms with Crippen LogP contribution in [0, 0.1) is 17.8 Å². The van der Waals surface area contributed by atoms with Crippen LogP contribution in [0.3, 0.4) is 0 Å². The van der Waals surface area contributed by atoms with Gasteiger partial charge in [-0.25, -0.2) is 18.2 Å². The van der Waals surface area contributed by atoms with E-state index in [0.29, 0.717) is 37.2 Å². The monoisotopic (exact) mass is 765 g/mol. The maximum Gasteiger partial charge on any atom is 0.416 e. The van der Waals surface area contributed by atoms with Crippen LogP contribution in [0.15, 0.2) is 36.5 Å². The van der Waals surface area contributed by atoms with E-state index in [1.807, 2.05) is 26.0 Å². The van der Waals surface area contributed by atoms with Gasteiger partial charge in [-0.3, -0.25) is 24.4 Å². The molecule has 4 amide bonds. The number of rotatable bonds is 7. The number of allylic oxidation sites excluding steroid dienone is 1. The van der Waals surface area contributed by atoms with E-state index in [-0.39, 0.29) is 42.3 Å². The van der Waals surface area contributed by atoms with Crippen molar-refractivity contribution in [2.24, 2.45) is 17.8 Å². The maximum atomic E-state index is 14.0. The van der Waals surface area contributed by atoms with E-state index < -0.39 is 74.3 Å². The highest BCUT2D eigenvalue weighted by Gasteiger charge is 2.62. The van der Waals surface area contributed by atoms with Crippen molar-refractivity contribution in [3.8, 4) is 10.6 Å². The number of fused-ring (bicyclic) bond motifs is 2. The first kappa shape index (κ1) is 37.8. The summed E-state index contributed by atoms with van der Waals surface area (Å²) < 4.78 is 74.3. The predicted octanol–water partition coefficient (Wildman–Crippen LogP) is 5.58. The lowest BCUT2D eigenvalue weighted by molar-refractivity contribution is -0.140. The fourth-order valence-corrected chi connectivity index (χ4v) is 9.19. The highest BCUT2D eigenvalue weighted by molar-refractivity contribution is 7.91. The first-order valence-electron chi connectivity index (χ1n) is 17.4. The Morgan fingerprint density at radius 2 is 1.87 bits per heavy atom. The topological polar surface area (TPSA) is 164 Å². The van der Waals surface area contributed by atoms with Crippen LogP contribution >= 0.6 is 11.3 Å². The number of benzene rings is 1. The van der Waals surface area contributed by atoms with Gasteiger partial charge >= 0.3 is 12.3 Å². The van der Waals surface area contributed by atoms with Gasteiger partial charge in [0.05, 0.1) is 28.3 Å². The molecule has 12 nitrogen and oxygen atoms in total. The molecule has 1 aromatic heterocycles. The Balaban J connectivity index is 1.22. The van der Waals surface area contributed by atoms with Gasteiger partial charge in [0, 0.05) is 36.1 Å². The lowest BCUT2D eigenvalue weighted by Gasteiger charge is -2.26. The fraction of sp³-hybridized carbons (Fsp3) is 0.571. The SMILES string of the molecule is CC(C)c1cnc(-c2ccc(C(F)(F)F)cc2NC(=O)OC2CC3C(=O)NC4(C(=O)NS(=O)(=O)C5CC5)CC4/C=C/CCCCN(C)C(=O)C3C2)s1. The average Bonchev–Trinajstić information content (AvgIpc) is 3.94. The Bertz CT molecular complexity index is 1880. The standard InChI is InChI=1S/C35H42F3N5O7S2/c1-19(2)28-18-39-30(51-28)24-12-9-20(35(36,37)38)14-27(24)40-33(47)50-22-15-25-26(16-22)31(45)43(3)13-7-5-4-6-8-21-17-34(21,41-29(25)44)32(46)42-52(48,49)23-10-11-23/h6,8-9,12,14,18-19,21-23,25-26H,4-5,7,10-11,13,15-17H2,1-3H3,(H,40,47)(H,41,44)(H,42,46)/b8-6+. The summed E-state index contributed by atoms with van der Waals surface area (Å²) >= 11 is 1.28. The van der Waals surface area contributed by atoms with Gasteiger partial charge in [-0.15, -0.1) is 11.3 Å². The number of aromatic nitrogens is 1. The van der Waals surface area contributed by atoms with Crippen molar-refractivity contribution in [1.82, 2.24) is 19.9 Å². The van der Waals surface area contributed by atoms with Gasteiger partial charge in [0.1, 0.15) is 16.7 Å². The molecular formula is C35H42F3N5O7S2. The zero-order chi connectivity index (χ0) is 37.6. The minimum absolute atomic E-state index is 0.0487. The molecule has 3 aliphatic carbocycles. The summed E-state index contributed by atoms with van der Waals surface area (Å²) in [7, 11) is -2.29. The van der Waals surface area contributed by atoms with E-state index in [0.717, 1.165) is 23.4 Å². The number of carbonyl (C=O) groups excluding carboxylic acids is 4. The number of amides is 4. The molecule has 0 bridgehead atoms. The summed E-state index contributed by atoms with van der Waals surface area (Å²) in [6.07, 6.45) is 1.57. The molecule has 3 N–H and O–H groups in total. The van der Waals surface area contributed by atoms with Crippen LogP contribution in [0.1, 0.15) is 81.6 Å². The van der Waals surface area contributed by atoms with Crippen LogP contribution < -0.4 is 15.4 Å². The number of nitrogens with zero attached hydrogens (tertiary/aromatic N) is 2. The summed E-state index contributed by atoms with van der Waals surface area (Å²) in [6, 6.07) is 2.95. The normalized spacial score (nSPS) is 27.6. The van der Waals surface area contributed by atoms with Crippen LogP contribution in [0.5, 0.6) is 0 Å². The summed E-state index contributed by atoms with van der Waals surface area (Å²) in [5, 5.41) is 4.96. The molecule has 282 valence electrons. The number of carbonyl (C=O) groups is 4. The third-order valence-corrected chi connectivity index (χ3v) is 13.3. The van der Waals surface area contributed by atoms with E-state index in [1.165, 1.54) is 22.3 Å². The van der Waals surface area contributed by atoms with Gasteiger partial charge in [0.25, 0.3) is 5.91 Å². The first-order valence-corrected chi connectivity index (χ1v) is 19.8. The second-order valence-corrected chi connectivity index (χ2v) is 17.5. The number of hydrogen-bond acceptors (Lipinski definition) is 9. The second kappa shape index (κ2) is 14.4. The number of sulfonamides is 1. The molecule has 2 aromatic rings. The van der Waals surface area contributed by atoms with Crippen LogP contribution in [-0.4, -0.2) is 72.6 Å². The zero-order valence-electron chi connectivity index (χ0n) is 29.0. The average molecular weight is 766 g/mol. The van der Waals surface area contributed by atoms with E-state index in [4.69, 9.17) is 4.74 Å². The lowest BCUT2D eigenvalue weighted by atomic mass is 9.93. The molecule has 0 saturated heterocycles. The molecule has 4 aliphatic rings. The van der Waals surface area contributed by atoms with Crippen molar-refractivity contribution in [3.05, 3.63) is 47.0 Å². The molecule has 0 spiro atoms. The fourth-order valence-electron chi connectivity index (χ4n) is 6.87. The third kappa shape index (κ3) is 8.14. The molecule has 1 aromatic carbocycles. The molecule has 5 unspecified atom stereocenters. The van der Waals surface area contributed by atoms with Gasteiger partial charge in [0.15, 0.2) is 0 Å². The second-order valence-electron chi connectivity index (χ2n) is 14.4. The van der Waals surface area contributed by atoms with Crippen molar-refractivity contribution in [1.29, 1.82) is 0 Å². The zero-order valence-corrected chi connectivity index (χ0v) is 30.6. The quantitative estimate of drug-likeness (QED) is 0.308. The van der Waals surface area contributed by atoms with Gasteiger partial charge in [0.2, 0.25) is 21.8 Å². The van der Waals surface area contributed by atoms with Crippen molar-refractivity contribution in [2.45, 2.75) is 94.2 Å². The van der Waals surface area contributed by atoms with Crippen molar-refractivity contribution in [3.63, 3.8) is 0 Å². The minimum atomic E-state index is -4.69. The molecule has 5 atom stereocenters. The van der Waals surface area contributed by atoms with Crippen LogP contribution in [0.25, 0.3) is 10.6 Å². The summed E-state index contributed by atoms with van der Waals surface area (Å²) in [5.74, 6) is -4.17. The summed E-state index contributed by atoms with van der Waals surface area (Å²) in [4.78, 5) is 61.3. The number of alkyl halides is 3. The van der Waals surface area contributed by atoms with E-state index in [9.17, 15) is 40.8 Å². The Morgan fingerprint density at radius 3 is 2.54 bits per heavy atom. The molecule has 3 fully saturated rings. The summed E-state index contributed by atoms with van der Waals surface area (Å²) in [6.45, 7) is 4.33. The summed E-state index contributed by atoms with van der Waals surface area (Å²) in [5.41, 5.74) is -2.42.